The zero-order valence-corrected chi connectivity index (χ0v) is 20.4. The highest BCUT2D eigenvalue weighted by atomic mass is 35.5. The summed E-state index contributed by atoms with van der Waals surface area (Å²) in [7, 11) is 0. The predicted molar refractivity (Wildman–Crippen MR) is 137 cm³/mol. The van der Waals surface area contributed by atoms with E-state index in [1.807, 2.05) is 30.3 Å². The standard InChI is InChI=1S/C26H20ClFN2O5S/c27-21-15-18(8-11-22(21)28)29-24(31)16-30-25(32)23(36-26(30)33)14-17-6-9-20(10-7-17)35-13-12-34-19-4-2-1-3-5-19/h1-11,14-15H,12-13,16H2,(H,29,31)/b23-14+. The fraction of sp³-hybridized carbons (Fsp3) is 0.115. The van der Waals surface area contributed by atoms with Gasteiger partial charge in [0.15, 0.2) is 0 Å². The van der Waals surface area contributed by atoms with Crippen LogP contribution in [0.3, 0.4) is 0 Å². The summed E-state index contributed by atoms with van der Waals surface area (Å²) in [6, 6.07) is 20.1. The number of imide groups is 1. The maximum atomic E-state index is 13.3. The Balaban J connectivity index is 1.29. The van der Waals surface area contributed by atoms with Gasteiger partial charge in [-0.3, -0.25) is 19.3 Å². The van der Waals surface area contributed by atoms with E-state index in [0.29, 0.717) is 24.5 Å². The average Bonchev–Trinajstić information content (AvgIpc) is 3.13. The monoisotopic (exact) mass is 526 g/mol. The smallest absolute Gasteiger partial charge is 0.294 e. The second-order valence-corrected chi connectivity index (χ2v) is 8.92. The summed E-state index contributed by atoms with van der Waals surface area (Å²) in [5.74, 6) is -0.408. The Hall–Kier alpha value is -3.82. The van der Waals surface area contributed by atoms with E-state index in [2.05, 4.69) is 5.32 Å². The molecule has 1 aliphatic heterocycles. The molecule has 0 bridgehead atoms. The number of anilines is 1. The van der Waals surface area contributed by atoms with E-state index in [9.17, 15) is 18.8 Å². The van der Waals surface area contributed by atoms with Crippen LogP contribution in [0.5, 0.6) is 11.5 Å². The number of halogens is 2. The van der Waals surface area contributed by atoms with Crippen molar-refractivity contribution in [3.63, 3.8) is 0 Å². The van der Waals surface area contributed by atoms with Gasteiger partial charge in [0.25, 0.3) is 11.1 Å². The minimum Gasteiger partial charge on any atom is -0.490 e. The second-order valence-electron chi connectivity index (χ2n) is 7.52. The lowest BCUT2D eigenvalue weighted by molar-refractivity contribution is -0.127. The normalized spacial score (nSPS) is 14.3. The van der Waals surface area contributed by atoms with Crippen molar-refractivity contribution < 1.29 is 28.2 Å². The molecule has 1 saturated heterocycles. The molecule has 3 aromatic rings. The van der Waals surface area contributed by atoms with Gasteiger partial charge in [-0.05, 0) is 65.9 Å². The van der Waals surface area contributed by atoms with E-state index < -0.39 is 29.4 Å². The Morgan fingerprint density at radius 3 is 2.31 bits per heavy atom. The lowest BCUT2D eigenvalue weighted by Crippen LogP contribution is -2.36. The first-order chi connectivity index (χ1) is 17.4. The van der Waals surface area contributed by atoms with E-state index in [0.717, 1.165) is 28.5 Å². The highest BCUT2D eigenvalue weighted by molar-refractivity contribution is 8.18. The van der Waals surface area contributed by atoms with Gasteiger partial charge in [0.1, 0.15) is 37.1 Å². The van der Waals surface area contributed by atoms with Crippen LogP contribution < -0.4 is 14.8 Å². The topological polar surface area (TPSA) is 84.9 Å². The predicted octanol–water partition coefficient (Wildman–Crippen LogP) is 5.61. The molecule has 7 nitrogen and oxygen atoms in total. The Morgan fingerprint density at radius 1 is 0.972 bits per heavy atom. The number of hydrogen-bond acceptors (Lipinski definition) is 6. The maximum absolute atomic E-state index is 13.3. The molecule has 0 radical (unpaired) electrons. The molecule has 36 heavy (non-hydrogen) atoms. The number of thioether (sulfide) groups is 1. The molecule has 0 unspecified atom stereocenters. The molecule has 0 spiro atoms. The molecule has 0 aromatic heterocycles. The molecule has 1 fully saturated rings. The van der Waals surface area contributed by atoms with Gasteiger partial charge in [-0.15, -0.1) is 0 Å². The van der Waals surface area contributed by atoms with Crippen molar-refractivity contribution in [1.82, 2.24) is 4.90 Å². The van der Waals surface area contributed by atoms with E-state index in [1.165, 1.54) is 12.1 Å². The molecule has 0 aliphatic carbocycles. The molecule has 3 aromatic carbocycles. The van der Waals surface area contributed by atoms with Crippen LogP contribution in [0.2, 0.25) is 5.02 Å². The number of rotatable bonds is 9. The molecule has 1 aliphatic rings. The maximum Gasteiger partial charge on any atom is 0.294 e. The quantitative estimate of drug-likeness (QED) is 0.288. The number of para-hydroxylation sites is 1. The summed E-state index contributed by atoms with van der Waals surface area (Å²) in [5, 5.41) is 1.78. The molecule has 1 N–H and O–H groups in total. The highest BCUT2D eigenvalue weighted by Gasteiger charge is 2.36. The number of carbonyl (C=O) groups excluding carboxylic acids is 3. The number of carbonyl (C=O) groups is 3. The summed E-state index contributed by atoms with van der Waals surface area (Å²) in [4.78, 5) is 38.4. The molecule has 1 heterocycles. The van der Waals surface area contributed by atoms with Crippen LogP contribution in [0, 0.1) is 5.82 Å². The third-order valence-electron chi connectivity index (χ3n) is 4.92. The van der Waals surface area contributed by atoms with Crippen molar-refractivity contribution in [3.8, 4) is 11.5 Å². The van der Waals surface area contributed by atoms with E-state index in [4.69, 9.17) is 21.1 Å². The van der Waals surface area contributed by atoms with Crippen molar-refractivity contribution >= 4 is 52.2 Å². The number of amides is 3. The van der Waals surface area contributed by atoms with Crippen LogP contribution in [-0.2, 0) is 9.59 Å². The summed E-state index contributed by atoms with van der Waals surface area (Å²) in [5.41, 5.74) is 0.946. The van der Waals surface area contributed by atoms with Crippen molar-refractivity contribution in [2.24, 2.45) is 0 Å². The fourth-order valence-electron chi connectivity index (χ4n) is 3.20. The van der Waals surface area contributed by atoms with Crippen LogP contribution in [0.1, 0.15) is 5.56 Å². The molecular weight excluding hydrogens is 507 g/mol. The SMILES string of the molecule is O=C(CN1C(=O)S/C(=C/c2ccc(OCCOc3ccccc3)cc2)C1=O)Nc1ccc(F)c(Cl)c1. The molecule has 4 rings (SSSR count). The molecule has 3 amide bonds. The molecule has 184 valence electrons. The van der Waals surface area contributed by atoms with Crippen molar-refractivity contribution in [2.45, 2.75) is 0 Å². The fourth-order valence-corrected chi connectivity index (χ4v) is 4.22. The van der Waals surface area contributed by atoms with Gasteiger partial charge in [0.05, 0.1) is 9.93 Å². The van der Waals surface area contributed by atoms with Gasteiger partial charge in [0, 0.05) is 5.69 Å². The summed E-state index contributed by atoms with van der Waals surface area (Å²) in [6.07, 6.45) is 1.57. The van der Waals surface area contributed by atoms with Crippen molar-refractivity contribution in [1.29, 1.82) is 0 Å². The van der Waals surface area contributed by atoms with Crippen LogP contribution in [0.4, 0.5) is 14.9 Å². The Labute approximate surface area is 215 Å². The Kier molecular flexibility index (Phi) is 8.24. The first-order valence-electron chi connectivity index (χ1n) is 10.8. The number of nitrogens with one attached hydrogen (secondary N) is 1. The van der Waals surface area contributed by atoms with Gasteiger partial charge in [-0.25, -0.2) is 4.39 Å². The van der Waals surface area contributed by atoms with Gasteiger partial charge in [-0.1, -0.05) is 41.9 Å². The minimum absolute atomic E-state index is 0.154. The summed E-state index contributed by atoms with van der Waals surface area (Å²) >= 11 is 6.45. The third-order valence-corrected chi connectivity index (χ3v) is 6.12. The van der Waals surface area contributed by atoms with Crippen LogP contribution in [0.15, 0.2) is 77.7 Å². The number of nitrogens with zero attached hydrogens (tertiary/aromatic N) is 1. The zero-order chi connectivity index (χ0) is 25.5. The van der Waals surface area contributed by atoms with Crippen molar-refractivity contribution in [3.05, 3.63) is 94.1 Å². The molecular formula is C26H20ClFN2O5S. The van der Waals surface area contributed by atoms with Crippen LogP contribution in [-0.4, -0.2) is 41.7 Å². The number of hydrogen-bond donors (Lipinski definition) is 1. The number of benzene rings is 3. The first-order valence-corrected chi connectivity index (χ1v) is 12.0. The molecule has 0 atom stereocenters. The summed E-state index contributed by atoms with van der Waals surface area (Å²) < 4.78 is 24.5. The average molecular weight is 527 g/mol. The van der Waals surface area contributed by atoms with Gasteiger partial charge in [-0.2, -0.15) is 0 Å². The molecule has 0 saturated carbocycles. The number of ether oxygens (including phenoxy) is 2. The van der Waals surface area contributed by atoms with E-state index in [-0.39, 0.29) is 15.6 Å². The first kappa shape index (κ1) is 25.3. The Morgan fingerprint density at radius 2 is 1.64 bits per heavy atom. The largest absolute Gasteiger partial charge is 0.490 e. The zero-order valence-electron chi connectivity index (χ0n) is 18.8. The summed E-state index contributed by atoms with van der Waals surface area (Å²) in [6.45, 7) is 0.273. The Bertz CT molecular complexity index is 1300. The lowest BCUT2D eigenvalue weighted by atomic mass is 10.2. The lowest BCUT2D eigenvalue weighted by Gasteiger charge is -2.12. The molecule has 10 heteroatoms. The van der Waals surface area contributed by atoms with Crippen LogP contribution in [0.25, 0.3) is 6.08 Å². The van der Waals surface area contributed by atoms with Crippen molar-refractivity contribution in [2.75, 3.05) is 25.1 Å². The van der Waals surface area contributed by atoms with E-state index >= 15 is 0 Å². The third kappa shape index (κ3) is 6.65. The minimum atomic E-state index is -0.623. The van der Waals surface area contributed by atoms with Crippen LogP contribution >= 0.6 is 23.4 Å². The van der Waals surface area contributed by atoms with Gasteiger partial charge in [0.2, 0.25) is 5.91 Å². The highest BCUT2D eigenvalue weighted by Crippen LogP contribution is 2.32. The van der Waals surface area contributed by atoms with Gasteiger partial charge < -0.3 is 14.8 Å². The second kappa shape index (κ2) is 11.7. The van der Waals surface area contributed by atoms with E-state index in [1.54, 1.807) is 30.3 Å². The van der Waals surface area contributed by atoms with Gasteiger partial charge >= 0.3 is 0 Å².